The molecule has 0 heterocycles. The number of nitrogens with one attached hydrogen (secondary N) is 1. The van der Waals surface area contributed by atoms with Gasteiger partial charge in [-0.15, -0.1) is 11.6 Å². The van der Waals surface area contributed by atoms with E-state index in [0.717, 1.165) is 6.07 Å². The molecule has 1 aliphatic carbocycles. The lowest BCUT2D eigenvalue weighted by atomic mass is 10.1. The van der Waals surface area contributed by atoms with Gasteiger partial charge in [-0.1, -0.05) is 0 Å². The summed E-state index contributed by atoms with van der Waals surface area (Å²) in [5.41, 5.74) is -0.872. The van der Waals surface area contributed by atoms with Crippen molar-refractivity contribution in [2.75, 3.05) is 5.32 Å². The van der Waals surface area contributed by atoms with E-state index in [1.165, 1.54) is 12.1 Å². The smallest absolute Gasteiger partial charge is 0.420 e. The maximum Gasteiger partial charge on any atom is 0.420 e. The molecule has 1 N–H and O–H groups in total. The van der Waals surface area contributed by atoms with E-state index in [9.17, 15) is 18.0 Å². The molecule has 116 valence electrons. The van der Waals surface area contributed by atoms with Gasteiger partial charge < -0.3 is 10.1 Å². The lowest BCUT2D eigenvalue weighted by molar-refractivity contribution is -0.139. The molecule has 0 saturated heterocycles. The number of carbonyl (C=O) groups excluding carboxylic acids is 1. The average Bonchev–Trinajstić information content (AvgIpc) is 3.08. The van der Waals surface area contributed by atoms with E-state index in [1.807, 2.05) is 0 Å². The Kier molecular flexibility index (Phi) is 4.10. The molecule has 1 amide bonds. The van der Waals surface area contributed by atoms with Crippen molar-refractivity contribution in [3.8, 4) is 5.75 Å². The SMILES string of the molecule is CC(C)Oc1ccc(NC(=O)C2(Cl)CC2)cc1C(F)(F)F. The molecule has 0 aromatic heterocycles. The highest BCUT2D eigenvalue weighted by Gasteiger charge is 2.48. The van der Waals surface area contributed by atoms with Gasteiger partial charge in [0.25, 0.3) is 0 Å². The molecule has 7 heteroatoms. The van der Waals surface area contributed by atoms with Crippen LogP contribution in [0.15, 0.2) is 18.2 Å². The lowest BCUT2D eigenvalue weighted by Crippen LogP contribution is -2.24. The summed E-state index contributed by atoms with van der Waals surface area (Å²) in [5, 5.41) is 2.41. The van der Waals surface area contributed by atoms with Gasteiger partial charge in [0, 0.05) is 5.69 Å². The van der Waals surface area contributed by atoms with Crippen LogP contribution in [0.2, 0.25) is 0 Å². The Balaban J connectivity index is 2.26. The molecule has 0 unspecified atom stereocenters. The predicted octanol–water partition coefficient (Wildman–Crippen LogP) is 4.20. The van der Waals surface area contributed by atoms with Crippen LogP contribution in [0.25, 0.3) is 0 Å². The van der Waals surface area contributed by atoms with Gasteiger partial charge in [0.05, 0.1) is 11.7 Å². The number of rotatable bonds is 4. The fourth-order valence-electron chi connectivity index (χ4n) is 1.77. The molecule has 3 nitrogen and oxygen atoms in total. The first-order valence-corrected chi connectivity index (χ1v) is 6.88. The normalized spacial score (nSPS) is 16.7. The molecule has 1 saturated carbocycles. The zero-order valence-corrected chi connectivity index (χ0v) is 12.3. The quantitative estimate of drug-likeness (QED) is 0.844. The van der Waals surface area contributed by atoms with Crippen molar-refractivity contribution in [1.29, 1.82) is 0 Å². The van der Waals surface area contributed by atoms with E-state index in [-0.39, 0.29) is 17.5 Å². The molecule has 1 aliphatic rings. The minimum atomic E-state index is -4.57. The summed E-state index contributed by atoms with van der Waals surface area (Å²) in [6.45, 7) is 3.28. The van der Waals surface area contributed by atoms with Crippen LogP contribution in [0.1, 0.15) is 32.3 Å². The minimum absolute atomic E-state index is 0.0513. The summed E-state index contributed by atoms with van der Waals surface area (Å²) in [6, 6.07) is 3.43. The molecule has 0 bridgehead atoms. The van der Waals surface area contributed by atoms with Gasteiger partial charge in [0.15, 0.2) is 0 Å². The Morgan fingerprint density at radius 1 is 1.38 bits per heavy atom. The van der Waals surface area contributed by atoms with Gasteiger partial charge in [-0.2, -0.15) is 13.2 Å². The van der Waals surface area contributed by atoms with Crippen molar-refractivity contribution >= 4 is 23.2 Å². The zero-order chi connectivity index (χ0) is 15.8. The molecule has 1 aromatic rings. The van der Waals surface area contributed by atoms with Gasteiger partial charge in [-0.05, 0) is 44.9 Å². The number of amides is 1. The molecule has 0 aliphatic heterocycles. The summed E-state index contributed by atoms with van der Waals surface area (Å²) in [6.07, 6.45) is -3.89. The van der Waals surface area contributed by atoms with Crippen molar-refractivity contribution in [3.63, 3.8) is 0 Å². The van der Waals surface area contributed by atoms with Crippen LogP contribution in [0.3, 0.4) is 0 Å². The Morgan fingerprint density at radius 3 is 2.48 bits per heavy atom. The summed E-state index contributed by atoms with van der Waals surface area (Å²) in [7, 11) is 0. The Morgan fingerprint density at radius 2 is 2.00 bits per heavy atom. The second kappa shape index (κ2) is 5.40. The fourth-order valence-corrected chi connectivity index (χ4v) is 1.91. The molecular weight excluding hydrogens is 307 g/mol. The summed E-state index contributed by atoms with van der Waals surface area (Å²) in [5.74, 6) is -0.739. The van der Waals surface area contributed by atoms with Crippen molar-refractivity contribution in [1.82, 2.24) is 0 Å². The highest BCUT2D eigenvalue weighted by Crippen LogP contribution is 2.44. The molecule has 1 fully saturated rings. The standard InChI is InChI=1S/C14H15ClF3NO2/c1-8(2)21-11-4-3-9(7-10(11)14(16,17)18)19-12(20)13(15)5-6-13/h3-4,7-8H,5-6H2,1-2H3,(H,19,20). The number of benzene rings is 1. The Bertz CT molecular complexity index is 554. The first-order chi connectivity index (χ1) is 9.62. The number of alkyl halides is 4. The lowest BCUT2D eigenvalue weighted by Gasteiger charge is -2.18. The summed E-state index contributed by atoms with van der Waals surface area (Å²) < 4.78 is 44.3. The third kappa shape index (κ3) is 3.81. The first kappa shape index (κ1) is 15.9. The van der Waals surface area contributed by atoms with Crippen LogP contribution in [0.4, 0.5) is 18.9 Å². The second-order valence-corrected chi connectivity index (χ2v) is 6.02. The number of hydrogen-bond acceptors (Lipinski definition) is 2. The monoisotopic (exact) mass is 321 g/mol. The van der Waals surface area contributed by atoms with Gasteiger partial charge in [-0.25, -0.2) is 0 Å². The van der Waals surface area contributed by atoms with E-state index in [4.69, 9.17) is 16.3 Å². The first-order valence-electron chi connectivity index (χ1n) is 6.50. The molecule has 0 atom stereocenters. The number of halogens is 4. The van der Waals surface area contributed by atoms with Crippen LogP contribution in [0, 0.1) is 0 Å². The van der Waals surface area contributed by atoms with Crippen molar-refractivity contribution in [2.45, 2.75) is 43.8 Å². The van der Waals surface area contributed by atoms with Crippen molar-refractivity contribution in [2.24, 2.45) is 0 Å². The highest BCUT2D eigenvalue weighted by molar-refractivity contribution is 6.38. The Hall–Kier alpha value is -1.43. The average molecular weight is 322 g/mol. The van der Waals surface area contributed by atoms with Crippen molar-refractivity contribution in [3.05, 3.63) is 23.8 Å². The minimum Gasteiger partial charge on any atom is -0.490 e. The molecular formula is C14H15ClF3NO2. The van der Waals surface area contributed by atoms with Gasteiger partial charge in [0.2, 0.25) is 5.91 Å². The van der Waals surface area contributed by atoms with Crippen molar-refractivity contribution < 1.29 is 22.7 Å². The molecule has 21 heavy (non-hydrogen) atoms. The summed E-state index contributed by atoms with van der Waals surface area (Å²) >= 11 is 5.92. The second-order valence-electron chi connectivity index (χ2n) is 5.29. The highest BCUT2D eigenvalue weighted by atomic mass is 35.5. The number of ether oxygens (including phenoxy) is 1. The van der Waals surface area contributed by atoms with Gasteiger partial charge >= 0.3 is 6.18 Å². The zero-order valence-electron chi connectivity index (χ0n) is 11.6. The van der Waals surface area contributed by atoms with E-state index < -0.39 is 22.5 Å². The van der Waals surface area contributed by atoms with Crippen LogP contribution < -0.4 is 10.1 Å². The fraction of sp³-hybridized carbons (Fsp3) is 0.500. The topological polar surface area (TPSA) is 38.3 Å². The van der Waals surface area contributed by atoms with Gasteiger partial charge in [0.1, 0.15) is 10.6 Å². The number of anilines is 1. The number of carbonyl (C=O) groups is 1. The van der Waals surface area contributed by atoms with Crippen LogP contribution >= 0.6 is 11.6 Å². The van der Waals surface area contributed by atoms with Gasteiger partial charge in [-0.3, -0.25) is 4.79 Å². The van der Waals surface area contributed by atoms with Crippen LogP contribution in [-0.4, -0.2) is 16.9 Å². The van der Waals surface area contributed by atoms with Crippen LogP contribution in [-0.2, 0) is 11.0 Å². The van der Waals surface area contributed by atoms with E-state index in [2.05, 4.69) is 5.32 Å². The van der Waals surface area contributed by atoms with E-state index in [1.54, 1.807) is 13.8 Å². The van der Waals surface area contributed by atoms with Crippen LogP contribution in [0.5, 0.6) is 5.75 Å². The maximum atomic E-state index is 13.0. The molecule has 2 rings (SSSR count). The van der Waals surface area contributed by atoms with E-state index >= 15 is 0 Å². The predicted molar refractivity (Wildman–Crippen MR) is 73.7 cm³/mol. The third-order valence-electron chi connectivity index (χ3n) is 3.00. The maximum absolute atomic E-state index is 13.0. The third-order valence-corrected chi connectivity index (χ3v) is 3.55. The molecule has 0 radical (unpaired) electrons. The molecule has 1 aromatic carbocycles. The Labute approximate surface area is 125 Å². The number of hydrogen-bond donors (Lipinski definition) is 1. The molecule has 0 spiro atoms. The van der Waals surface area contributed by atoms with E-state index in [0.29, 0.717) is 12.8 Å². The summed E-state index contributed by atoms with van der Waals surface area (Å²) in [4.78, 5) is 10.8. The largest absolute Gasteiger partial charge is 0.490 e.